The molecule has 1 amide bonds. The molecule has 4 atom stereocenters. The lowest BCUT2D eigenvalue weighted by atomic mass is 9.88. The van der Waals surface area contributed by atoms with Crippen LogP contribution in [0.4, 0.5) is 0 Å². The number of hydrogen-bond acceptors (Lipinski definition) is 5. The third-order valence-corrected chi connectivity index (χ3v) is 8.09. The van der Waals surface area contributed by atoms with Gasteiger partial charge in [-0.15, -0.1) is 0 Å². The normalized spacial score (nSPS) is 37.4. The summed E-state index contributed by atoms with van der Waals surface area (Å²) in [5.41, 5.74) is 0. The summed E-state index contributed by atoms with van der Waals surface area (Å²) in [6, 6.07) is 0.737. The number of amides is 1. The Bertz CT molecular complexity index is 494. The second-order valence-corrected chi connectivity index (χ2v) is 9.50. The molecule has 0 aliphatic carbocycles. The average molecular weight is 318 g/mol. The molecule has 1 N–H and O–H groups in total. The summed E-state index contributed by atoms with van der Waals surface area (Å²) in [7, 11) is -3.19. The van der Waals surface area contributed by atoms with Crippen molar-refractivity contribution in [1.29, 1.82) is 0 Å². The number of thioether (sulfide) groups is 1. The quantitative estimate of drug-likeness (QED) is 0.819. The van der Waals surface area contributed by atoms with Gasteiger partial charge in [-0.1, -0.05) is 6.92 Å². The van der Waals surface area contributed by atoms with Crippen molar-refractivity contribution in [2.24, 2.45) is 5.92 Å². The van der Waals surface area contributed by atoms with Gasteiger partial charge in [0.2, 0.25) is 5.91 Å². The molecule has 0 spiro atoms. The van der Waals surface area contributed by atoms with E-state index in [0.29, 0.717) is 18.3 Å². The summed E-state index contributed by atoms with van der Waals surface area (Å²) >= 11 is 1.64. The summed E-state index contributed by atoms with van der Waals surface area (Å²) in [6.07, 6.45) is 3.09. The van der Waals surface area contributed by atoms with E-state index in [2.05, 4.69) is 5.32 Å². The number of rotatable bonds is 3. The number of sulfone groups is 1. The highest BCUT2D eigenvalue weighted by Gasteiger charge is 2.47. The fourth-order valence-corrected chi connectivity index (χ4v) is 6.61. The lowest BCUT2D eigenvalue weighted by Gasteiger charge is -2.37. The highest BCUT2D eigenvalue weighted by Crippen LogP contribution is 2.35. The lowest BCUT2D eigenvalue weighted by molar-refractivity contribution is -0.136. The van der Waals surface area contributed by atoms with Crippen molar-refractivity contribution in [2.75, 3.05) is 23.8 Å². The predicted octanol–water partition coefficient (Wildman–Crippen LogP) is 0.463. The minimum absolute atomic E-state index is 0.00796. The van der Waals surface area contributed by atoms with Gasteiger partial charge in [-0.25, -0.2) is 8.42 Å². The van der Waals surface area contributed by atoms with E-state index >= 15 is 0 Å². The Labute approximate surface area is 124 Å². The van der Waals surface area contributed by atoms with E-state index in [1.165, 1.54) is 0 Å². The van der Waals surface area contributed by atoms with Gasteiger partial charge in [0, 0.05) is 35.9 Å². The molecule has 20 heavy (non-hydrogen) atoms. The molecular weight excluding hydrogens is 296 g/mol. The van der Waals surface area contributed by atoms with Crippen molar-refractivity contribution in [1.82, 2.24) is 10.2 Å². The van der Waals surface area contributed by atoms with Gasteiger partial charge >= 0.3 is 0 Å². The molecule has 2 bridgehead atoms. The van der Waals surface area contributed by atoms with Crippen molar-refractivity contribution >= 4 is 27.5 Å². The Balaban J connectivity index is 1.78. The van der Waals surface area contributed by atoms with Crippen LogP contribution in [0.2, 0.25) is 0 Å². The molecule has 5 nitrogen and oxygen atoms in total. The summed E-state index contributed by atoms with van der Waals surface area (Å²) in [5.74, 6) is 1.53. The van der Waals surface area contributed by atoms with Gasteiger partial charge in [-0.05, 0) is 19.3 Å². The molecule has 3 saturated heterocycles. The molecule has 0 radical (unpaired) electrons. The van der Waals surface area contributed by atoms with Crippen LogP contribution in [0.5, 0.6) is 0 Å². The van der Waals surface area contributed by atoms with E-state index < -0.39 is 15.2 Å². The fraction of sp³-hybridized carbons (Fsp3) is 0.923. The maximum Gasteiger partial charge on any atom is 0.228 e. The van der Waals surface area contributed by atoms with E-state index in [-0.39, 0.29) is 23.6 Å². The van der Waals surface area contributed by atoms with Crippen molar-refractivity contribution in [3.63, 3.8) is 0 Å². The predicted molar refractivity (Wildman–Crippen MR) is 80.3 cm³/mol. The molecule has 3 aliphatic rings. The van der Waals surface area contributed by atoms with Crippen molar-refractivity contribution in [3.05, 3.63) is 0 Å². The molecule has 3 aliphatic heterocycles. The molecule has 0 aromatic heterocycles. The first-order valence-corrected chi connectivity index (χ1v) is 10.3. The summed E-state index contributed by atoms with van der Waals surface area (Å²) in [5, 5.41) is 2.85. The fourth-order valence-electron chi connectivity index (χ4n) is 3.63. The Kier molecular flexibility index (Phi) is 4.03. The Morgan fingerprint density at radius 3 is 2.80 bits per heavy atom. The maximum atomic E-state index is 12.8. The van der Waals surface area contributed by atoms with Crippen molar-refractivity contribution < 1.29 is 13.2 Å². The molecule has 0 saturated carbocycles. The van der Waals surface area contributed by atoms with Crippen LogP contribution in [0.3, 0.4) is 0 Å². The third kappa shape index (κ3) is 2.48. The second kappa shape index (κ2) is 5.50. The first-order valence-electron chi connectivity index (χ1n) is 7.38. The number of fused-ring (bicyclic) bond motifs is 2. The van der Waals surface area contributed by atoms with Crippen LogP contribution in [0.15, 0.2) is 0 Å². The number of carbonyl (C=O) groups is 1. The lowest BCUT2D eigenvalue weighted by Crippen LogP contribution is -2.53. The topological polar surface area (TPSA) is 66.5 Å². The molecule has 0 aromatic rings. The molecule has 3 rings (SSSR count). The Morgan fingerprint density at radius 1 is 1.40 bits per heavy atom. The molecule has 3 fully saturated rings. The van der Waals surface area contributed by atoms with Crippen LogP contribution < -0.4 is 5.32 Å². The first-order chi connectivity index (χ1) is 9.53. The van der Waals surface area contributed by atoms with Crippen LogP contribution >= 0.6 is 11.8 Å². The van der Waals surface area contributed by atoms with E-state index in [9.17, 15) is 13.2 Å². The smallest absolute Gasteiger partial charge is 0.228 e. The van der Waals surface area contributed by atoms with Crippen LogP contribution in [0.25, 0.3) is 0 Å². The first kappa shape index (κ1) is 14.7. The van der Waals surface area contributed by atoms with Gasteiger partial charge in [0.25, 0.3) is 0 Å². The van der Waals surface area contributed by atoms with E-state index in [4.69, 9.17) is 0 Å². The zero-order valence-electron chi connectivity index (χ0n) is 11.7. The van der Waals surface area contributed by atoms with Crippen molar-refractivity contribution in [2.45, 2.75) is 43.6 Å². The zero-order chi connectivity index (χ0) is 14.3. The van der Waals surface area contributed by atoms with Crippen LogP contribution in [0.1, 0.15) is 26.2 Å². The summed E-state index contributed by atoms with van der Waals surface area (Å²) in [4.78, 5) is 14.4. The molecular formula is C13H22N2O3S2. The highest BCUT2D eigenvalue weighted by atomic mass is 32.2. The molecule has 3 heterocycles. The molecule has 4 unspecified atom stereocenters. The second-order valence-electron chi connectivity index (χ2n) is 5.90. The minimum Gasteiger partial charge on any atom is -0.324 e. The third-order valence-electron chi connectivity index (χ3n) is 4.80. The molecule has 7 heteroatoms. The van der Waals surface area contributed by atoms with Crippen LogP contribution in [0, 0.1) is 5.92 Å². The Hall–Kier alpha value is -0.270. The standard InChI is InChI=1S/C13H22N2O3S2/c1-2-20(17,18)12-8-19-6-5-15(12)13(16)10-7-9-3-4-11(10)14-9/h9-12,14H,2-8H2,1H3. The SMILES string of the molecule is CCS(=O)(=O)C1CSCCN1C(=O)C1CC2CCC1N2. The number of carbonyl (C=O) groups excluding carboxylic acids is 1. The molecule has 0 aromatic carbocycles. The van der Waals surface area contributed by atoms with Gasteiger partial charge in [-0.3, -0.25) is 4.79 Å². The number of hydrogen-bond donors (Lipinski definition) is 1. The maximum absolute atomic E-state index is 12.8. The van der Waals surface area contributed by atoms with Gasteiger partial charge in [0.05, 0.1) is 5.92 Å². The summed E-state index contributed by atoms with van der Waals surface area (Å²) < 4.78 is 24.4. The number of nitrogens with one attached hydrogen (secondary N) is 1. The van der Waals surface area contributed by atoms with Crippen LogP contribution in [-0.4, -0.2) is 60.5 Å². The zero-order valence-corrected chi connectivity index (χ0v) is 13.4. The van der Waals surface area contributed by atoms with Crippen molar-refractivity contribution in [3.8, 4) is 0 Å². The van der Waals surface area contributed by atoms with Gasteiger partial charge < -0.3 is 10.2 Å². The van der Waals surface area contributed by atoms with E-state index in [0.717, 1.165) is 25.0 Å². The Morgan fingerprint density at radius 2 is 2.20 bits per heavy atom. The largest absolute Gasteiger partial charge is 0.324 e. The van der Waals surface area contributed by atoms with E-state index in [1.54, 1.807) is 23.6 Å². The van der Waals surface area contributed by atoms with Gasteiger partial charge in [0.15, 0.2) is 9.84 Å². The minimum atomic E-state index is -3.19. The van der Waals surface area contributed by atoms with E-state index in [1.807, 2.05) is 0 Å². The monoisotopic (exact) mass is 318 g/mol. The molecule has 114 valence electrons. The van der Waals surface area contributed by atoms with Gasteiger partial charge in [-0.2, -0.15) is 11.8 Å². The average Bonchev–Trinajstić information content (AvgIpc) is 3.09. The summed E-state index contributed by atoms with van der Waals surface area (Å²) in [6.45, 7) is 2.23. The van der Waals surface area contributed by atoms with Crippen LogP contribution in [-0.2, 0) is 14.6 Å². The van der Waals surface area contributed by atoms with Gasteiger partial charge in [0.1, 0.15) is 5.37 Å². The number of nitrogens with zero attached hydrogens (tertiary/aromatic N) is 1. The highest BCUT2D eigenvalue weighted by molar-refractivity contribution is 8.01.